The molecule has 2 rings (SSSR count). The van der Waals surface area contributed by atoms with Crippen LogP contribution in [0.5, 0.6) is 0 Å². The van der Waals surface area contributed by atoms with Gasteiger partial charge in [0.05, 0.1) is 0 Å². The molecule has 2 heteroatoms. The maximum Gasteiger partial charge on any atom is 0.0462 e. The van der Waals surface area contributed by atoms with E-state index in [0.29, 0.717) is 5.92 Å². The molecule has 0 spiro atoms. The van der Waals surface area contributed by atoms with Crippen molar-refractivity contribution in [1.82, 2.24) is 4.98 Å². The molecule has 1 aliphatic rings. The number of nitrogens with zero attached hydrogens (tertiary/aromatic N) is 2. The van der Waals surface area contributed by atoms with Crippen LogP contribution in [0.4, 0.5) is 5.69 Å². The van der Waals surface area contributed by atoms with Crippen LogP contribution >= 0.6 is 0 Å². The molecule has 1 aromatic rings. The summed E-state index contributed by atoms with van der Waals surface area (Å²) in [5, 5.41) is 0. The minimum Gasteiger partial charge on any atom is -0.374 e. The van der Waals surface area contributed by atoms with E-state index in [1.807, 2.05) is 12.4 Å². The molecule has 0 aromatic carbocycles. The number of aromatic nitrogens is 1. The molecule has 0 amide bonds. The minimum atomic E-state index is 0.568. The summed E-state index contributed by atoms with van der Waals surface area (Å²) < 4.78 is 0. The van der Waals surface area contributed by atoms with Crippen LogP contribution in [0, 0.1) is 0 Å². The van der Waals surface area contributed by atoms with Gasteiger partial charge in [0.15, 0.2) is 0 Å². The first-order valence-corrected chi connectivity index (χ1v) is 5.38. The van der Waals surface area contributed by atoms with Gasteiger partial charge in [-0.3, -0.25) is 4.98 Å². The Morgan fingerprint density at radius 3 is 2.86 bits per heavy atom. The lowest BCUT2D eigenvalue weighted by molar-refractivity contribution is 0.722. The van der Waals surface area contributed by atoms with E-state index in [1.54, 1.807) is 0 Å². The Balaban J connectivity index is 2.52. The van der Waals surface area contributed by atoms with Crippen LogP contribution in [0.25, 0.3) is 0 Å². The number of pyridine rings is 1. The molecule has 0 N–H and O–H groups in total. The third-order valence-corrected chi connectivity index (χ3v) is 2.96. The summed E-state index contributed by atoms with van der Waals surface area (Å²) in [7, 11) is 2.18. The summed E-state index contributed by atoms with van der Waals surface area (Å²) in [6.45, 7) is 5.65. The summed E-state index contributed by atoms with van der Waals surface area (Å²) in [5.41, 5.74) is 4.25. The molecule has 0 saturated heterocycles. The molecule has 14 heavy (non-hydrogen) atoms. The van der Waals surface area contributed by atoms with Crippen molar-refractivity contribution < 1.29 is 0 Å². The second-order valence-corrected chi connectivity index (χ2v) is 4.42. The van der Waals surface area contributed by atoms with Crippen LogP contribution in [-0.4, -0.2) is 18.6 Å². The van der Waals surface area contributed by atoms with Crippen molar-refractivity contribution in [2.45, 2.75) is 32.6 Å². The molecule has 0 radical (unpaired) electrons. The van der Waals surface area contributed by atoms with Crippen molar-refractivity contribution in [3.8, 4) is 0 Å². The Morgan fingerprint density at radius 2 is 2.14 bits per heavy atom. The second-order valence-electron chi connectivity index (χ2n) is 4.42. The molecule has 1 aromatic heterocycles. The molecule has 0 unspecified atom stereocenters. The average Bonchev–Trinajstić information content (AvgIpc) is 2.17. The highest BCUT2D eigenvalue weighted by Gasteiger charge is 2.18. The Labute approximate surface area is 86.0 Å². The third kappa shape index (κ3) is 1.49. The lowest BCUT2D eigenvalue weighted by Crippen LogP contribution is -2.26. The highest BCUT2D eigenvalue weighted by Crippen LogP contribution is 2.32. The van der Waals surface area contributed by atoms with Crippen molar-refractivity contribution in [3.05, 3.63) is 23.5 Å². The standard InChI is InChI=1S/C12H18N2/c1-9(2)11-8-13-7-10-5-4-6-14(3)12(10)11/h7-9H,4-6H2,1-3H3. The number of fused-ring (bicyclic) bond motifs is 1. The fourth-order valence-corrected chi connectivity index (χ4v) is 2.20. The summed E-state index contributed by atoms with van der Waals surface area (Å²) in [4.78, 5) is 6.70. The maximum absolute atomic E-state index is 4.33. The van der Waals surface area contributed by atoms with Crippen LogP contribution in [0.1, 0.15) is 37.3 Å². The van der Waals surface area contributed by atoms with E-state index in [-0.39, 0.29) is 0 Å². The fourth-order valence-electron chi connectivity index (χ4n) is 2.20. The number of rotatable bonds is 1. The molecule has 0 atom stereocenters. The van der Waals surface area contributed by atoms with Gasteiger partial charge in [-0.1, -0.05) is 13.8 Å². The third-order valence-electron chi connectivity index (χ3n) is 2.96. The maximum atomic E-state index is 4.33. The normalized spacial score (nSPS) is 15.9. The van der Waals surface area contributed by atoms with E-state index in [1.165, 1.54) is 36.2 Å². The summed E-state index contributed by atoms with van der Waals surface area (Å²) in [5.74, 6) is 0.568. The zero-order valence-electron chi connectivity index (χ0n) is 9.25. The van der Waals surface area contributed by atoms with Crippen LogP contribution in [-0.2, 0) is 6.42 Å². The van der Waals surface area contributed by atoms with Gasteiger partial charge in [-0.2, -0.15) is 0 Å². The topological polar surface area (TPSA) is 16.1 Å². The molecule has 76 valence electrons. The average molecular weight is 190 g/mol. The zero-order valence-corrected chi connectivity index (χ0v) is 9.25. The zero-order chi connectivity index (χ0) is 10.1. The van der Waals surface area contributed by atoms with Crippen LogP contribution in [0.15, 0.2) is 12.4 Å². The predicted octanol–water partition coefficient (Wildman–Crippen LogP) is 2.59. The Hall–Kier alpha value is -1.05. The van der Waals surface area contributed by atoms with Gasteiger partial charge in [-0.15, -0.1) is 0 Å². The van der Waals surface area contributed by atoms with Crippen LogP contribution in [0.2, 0.25) is 0 Å². The van der Waals surface area contributed by atoms with E-state index < -0.39 is 0 Å². The van der Waals surface area contributed by atoms with Crippen molar-refractivity contribution in [3.63, 3.8) is 0 Å². The predicted molar refractivity (Wildman–Crippen MR) is 59.9 cm³/mol. The van der Waals surface area contributed by atoms with Gasteiger partial charge in [0.1, 0.15) is 0 Å². The minimum absolute atomic E-state index is 0.568. The largest absolute Gasteiger partial charge is 0.374 e. The van der Waals surface area contributed by atoms with Gasteiger partial charge in [-0.25, -0.2) is 0 Å². The molecule has 0 fully saturated rings. The summed E-state index contributed by atoms with van der Waals surface area (Å²) in [6.07, 6.45) is 6.49. The lowest BCUT2D eigenvalue weighted by Gasteiger charge is -2.30. The first kappa shape index (κ1) is 9.50. The molecule has 1 aliphatic heterocycles. The fraction of sp³-hybridized carbons (Fsp3) is 0.583. The molecule has 0 bridgehead atoms. The number of anilines is 1. The van der Waals surface area contributed by atoms with Gasteiger partial charge < -0.3 is 4.90 Å². The molecular weight excluding hydrogens is 172 g/mol. The number of hydrogen-bond donors (Lipinski definition) is 0. The highest BCUT2D eigenvalue weighted by molar-refractivity contribution is 5.60. The van der Waals surface area contributed by atoms with E-state index >= 15 is 0 Å². The van der Waals surface area contributed by atoms with Crippen molar-refractivity contribution in [2.75, 3.05) is 18.5 Å². The number of aryl methyl sites for hydroxylation is 1. The smallest absolute Gasteiger partial charge is 0.0462 e. The van der Waals surface area contributed by atoms with Crippen molar-refractivity contribution >= 4 is 5.69 Å². The van der Waals surface area contributed by atoms with E-state index in [9.17, 15) is 0 Å². The van der Waals surface area contributed by atoms with Crippen LogP contribution < -0.4 is 4.90 Å². The molecule has 0 saturated carbocycles. The van der Waals surface area contributed by atoms with E-state index in [4.69, 9.17) is 0 Å². The van der Waals surface area contributed by atoms with Gasteiger partial charge >= 0.3 is 0 Å². The number of hydrogen-bond acceptors (Lipinski definition) is 2. The van der Waals surface area contributed by atoms with Crippen molar-refractivity contribution in [1.29, 1.82) is 0 Å². The van der Waals surface area contributed by atoms with Gasteiger partial charge in [-0.05, 0) is 29.9 Å². The van der Waals surface area contributed by atoms with Gasteiger partial charge in [0, 0.05) is 31.7 Å². The van der Waals surface area contributed by atoms with Gasteiger partial charge in [0.2, 0.25) is 0 Å². The second kappa shape index (κ2) is 3.60. The SMILES string of the molecule is CC(C)c1cncc2c1N(C)CCC2. The van der Waals surface area contributed by atoms with E-state index in [2.05, 4.69) is 30.8 Å². The Kier molecular flexibility index (Phi) is 2.44. The first-order valence-electron chi connectivity index (χ1n) is 5.38. The van der Waals surface area contributed by atoms with Crippen LogP contribution in [0.3, 0.4) is 0 Å². The molecular formula is C12H18N2. The molecule has 2 nitrogen and oxygen atoms in total. The molecule has 0 aliphatic carbocycles. The lowest BCUT2D eigenvalue weighted by atomic mass is 9.95. The first-order chi connectivity index (χ1) is 6.70. The Morgan fingerprint density at radius 1 is 1.36 bits per heavy atom. The highest BCUT2D eigenvalue weighted by atomic mass is 15.1. The molecule has 2 heterocycles. The van der Waals surface area contributed by atoms with Gasteiger partial charge in [0.25, 0.3) is 0 Å². The summed E-state index contributed by atoms with van der Waals surface area (Å²) >= 11 is 0. The quantitative estimate of drug-likeness (QED) is 0.676. The van der Waals surface area contributed by atoms with E-state index in [0.717, 1.165) is 0 Å². The monoisotopic (exact) mass is 190 g/mol. The summed E-state index contributed by atoms with van der Waals surface area (Å²) in [6, 6.07) is 0. The Bertz CT molecular complexity index is 331. The van der Waals surface area contributed by atoms with Crippen molar-refractivity contribution in [2.24, 2.45) is 0 Å².